The molecule has 27 heavy (non-hydrogen) atoms. The van der Waals surface area contributed by atoms with Crippen molar-refractivity contribution in [1.82, 2.24) is 14.8 Å². The molecule has 7 heteroatoms. The van der Waals surface area contributed by atoms with E-state index in [1.807, 2.05) is 18.2 Å². The minimum Gasteiger partial charge on any atom is -0.497 e. The molecule has 0 radical (unpaired) electrons. The maximum absolute atomic E-state index is 5.51. The fourth-order valence-electron chi connectivity index (χ4n) is 3.58. The lowest BCUT2D eigenvalue weighted by atomic mass is 10.00. The van der Waals surface area contributed by atoms with E-state index in [0.29, 0.717) is 6.04 Å². The standard InChI is InChI=1S/C20H28N4O2S/c1-14-8-10-23(11-9-14)19-21-22-20(24(19)16-4-5-16)27-13-15-12-17(25-2)6-7-18(15)26-3/h6-7,12,14,16H,4-5,8-11,13H2,1-3H3. The average molecular weight is 389 g/mol. The van der Waals surface area contributed by atoms with Crippen molar-refractivity contribution in [1.29, 1.82) is 0 Å². The molecule has 2 fully saturated rings. The van der Waals surface area contributed by atoms with Gasteiger partial charge in [-0.15, -0.1) is 10.2 Å². The van der Waals surface area contributed by atoms with Gasteiger partial charge in [-0.1, -0.05) is 18.7 Å². The third kappa shape index (κ3) is 4.03. The molecule has 146 valence electrons. The van der Waals surface area contributed by atoms with Gasteiger partial charge < -0.3 is 14.4 Å². The summed E-state index contributed by atoms with van der Waals surface area (Å²) in [5.74, 6) is 4.38. The first-order valence-corrected chi connectivity index (χ1v) is 10.7. The highest BCUT2D eigenvalue weighted by Crippen LogP contribution is 2.42. The molecule has 1 saturated carbocycles. The Hall–Kier alpha value is -1.89. The summed E-state index contributed by atoms with van der Waals surface area (Å²) in [5, 5.41) is 10.1. The Morgan fingerprint density at radius 2 is 1.85 bits per heavy atom. The van der Waals surface area contributed by atoms with Crippen LogP contribution >= 0.6 is 11.8 Å². The van der Waals surface area contributed by atoms with Gasteiger partial charge in [0.2, 0.25) is 5.95 Å². The Morgan fingerprint density at radius 1 is 1.07 bits per heavy atom. The Kier molecular flexibility index (Phi) is 5.48. The smallest absolute Gasteiger partial charge is 0.228 e. The number of rotatable bonds is 7. The second kappa shape index (κ2) is 8.00. The molecule has 1 aromatic heterocycles. The van der Waals surface area contributed by atoms with Crippen molar-refractivity contribution in [3.63, 3.8) is 0 Å². The van der Waals surface area contributed by atoms with Gasteiger partial charge in [-0.3, -0.25) is 4.57 Å². The van der Waals surface area contributed by atoms with E-state index in [0.717, 1.165) is 52.9 Å². The van der Waals surface area contributed by atoms with E-state index in [9.17, 15) is 0 Å². The van der Waals surface area contributed by atoms with Crippen LogP contribution in [0.4, 0.5) is 5.95 Å². The van der Waals surface area contributed by atoms with Crippen LogP contribution in [0.3, 0.4) is 0 Å². The highest BCUT2D eigenvalue weighted by molar-refractivity contribution is 7.98. The topological polar surface area (TPSA) is 52.4 Å². The molecule has 6 nitrogen and oxygen atoms in total. The third-order valence-electron chi connectivity index (χ3n) is 5.47. The van der Waals surface area contributed by atoms with Crippen molar-refractivity contribution >= 4 is 17.7 Å². The molecule has 0 unspecified atom stereocenters. The molecule has 2 aliphatic rings. The average Bonchev–Trinajstić information content (AvgIpc) is 3.46. The number of aromatic nitrogens is 3. The van der Waals surface area contributed by atoms with Gasteiger partial charge in [-0.05, 0) is 49.8 Å². The maximum Gasteiger partial charge on any atom is 0.228 e. The minimum absolute atomic E-state index is 0.559. The van der Waals surface area contributed by atoms with Gasteiger partial charge in [-0.25, -0.2) is 0 Å². The Morgan fingerprint density at radius 3 is 2.52 bits per heavy atom. The monoisotopic (exact) mass is 388 g/mol. The summed E-state index contributed by atoms with van der Waals surface area (Å²) in [4.78, 5) is 2.42. The number of methoxy groups -OCH3 is 2. The molecule has 1 aliphatic carbocycles. The van der Waals surface area contributed by atoms with Crippen molar-refractivity contribution in [3.8, 4) is 11.5 Å². The zero-order chi connectivity index (χ0) is 18.8. The molecule has 2 heterocycles. The van der Waals surface area contributed by atoms with Gasteiger partial charge in [-0.2, -0.15) is 0 Å². The van der Waals surface area contributed by atoms with Crippen LogP contribution in [0.2, 0.25) is 0 Å². The zero-order valence-corrected chi connectivity index (χ0v) is 17.2. The molecule has 0 amide bonds. The summed E-state index contributed by atoms with van der Waals surface area (Å²) < 4.78 is 13.2. The first-order valence-electron chi connectivity index (χ1n) is 9.73. The number of benzene rings is 1. The van der Waals surface area contributed by atoms with E-state index in [1.54, 1.807) is 26.0 Å². The van der Waals surface area contributed by atoms with E-state index in [4.69, 9.17) is 9.47 Å². The van der Waals surface area contributed by atoms with Crippen LogP contribution in [-0.4, -0.2) is 42.1 Å². The van der Waals surface area contributed by atoms with Crippen molar-refractivity contribution in [2.75, 3.05) is 32.2 Å². The zero-order valence-electron chi connectivity index (χ0n) is 16.4. The molecule has 1 saturated heterocycles. The molecule has 1 aliphatic heterocycles. The first-order chi connectivity index (χ1) is 13.2. The van der Waals surface area contributed by atoms with E-state index >= 15 is 0 Å². The fourth-order valence-corrected chi connectivity index (χ4v) is 4.56. The molecular weight excluding hydrogens is 360 g/mol. The Balaban J connectivity index is 1.53. The lowest BCUT2D eigenvalue weighted by Gasteiger charge is -2.31. The largest absolute Gasteiger partial charge is 0.497 e. The number of thioether (sulfide) groups is 1. The van der Waals surface area contributed by atoms with E-state index in [-0.39, 0.29) is 0 Å². The lowest BCUT2D eigenvalue weighted by Crippen LogP contribution is -2.34. The van der Waals surface area contributed by atoms with Crippen molar-refractivity contribution < 1.29 is 9.47 Å². The van der Waals surface area contributed by atoms with Gasteiger partial charge in [0.15, 0.2) is 5.16 Å². The highest BCUT2D eigenvalue weighted by Gasteiger charge is 2.32. The van der Waals surface area contributed by atoms with Crippen LogP contribution in [0.5, 0.6) is 11.5 Å². The van der Waals surface area contributed by atoms with Crippen LogP contribution in [0.25, 0.3) is 0 Å². The van der Waals surface area contributed by atoms with Crippen molar-refractivity contribution in [2.45, 2.75) is 49.6 Å². The van der Waals surface area contributed by atoms with Crippen molar-refractivity contribution in [2.24, 2.45) is 5.92 Å². The minimum atomic E-state index is 0.559. The third-order valence-corrected chi connectivity index (χ3v) is 6.46. The lowest BCUT2D eigenvalue weighted by molar-refractivity contribution is 0.400. The molecule has 0 spiro atoms. The number of hydrogen-bond donors (Lipinski definition) is 0. The normalized spacial score (nSPS) is 18.0. The molecule has 1 aromatic carbocycles. The maximum atomic E-state index is 5.51. The summed E-state index contributed by atoms with van der Waals surface area (Å²) in [6.45, 7) is 4.51. The molecule has 0 atom stereocenters. The van der Waals surface area contributed by atoms with Crippen LogP contribution in [0.15, 0.2) is 23.4 Å². The first kappa shape index (κ1) is 18.5. The summed E-state index contributed by atoms with van der Waals surface area (Å²) >= 11 is 1.73. The van der Waals surface area contributed by atoms with E-state index in [1.165, 1.54) is 25.7 Å². The van der Waals surface area contributed by atoms with Gasteiger partial charge in [0, 0.05) is 30.4 Å². The van der Waals surface area contributed by atoms with Crippen LogP contribution in [0, 0.1) is 5.92 Å². The number of hydrogen-bond acceptors (Lipinski definition) is 6. The fraction of sp³-hybridized carbons (Fsp3) is 0.600. The number of ether oxygens (including phenoxy) is 2. The molecule has 0 bridgehead atoms. The number of nitrogens with zero attached hydrogens (tertiary/aromatic N) is 4. The Bertz CT molecular complexity index is 782. The second-order valence-corrected chi connectivity index (χ2v) is 8.46. The quantitative estimate of drug-likeness (QED) is 0.664. The van der Waals surface area contributed by atoms with Gasteiger partial charge >= 0.3 is 0 Å². The van der Waals surface area contributed by atoms with Crippen LogP contribution in [0.1, 0.15) is 44.2 Å². The second-order valence-electron chi connectivity index (χ2n) is 7.52. The predicted molar refractivity (Wildman–Crippen MR) is 108 cm³/mol. The highest BCUT2D eigenvalue weighted by atomic mass is 32.2. The molecule has 4 rings (SSSR count). The summed E-state index contributed by atoms with van der Waals surface area (Å²) in [6, 6.07) is 6.48. The van der Waals surface area contributed by atoms with Gasteiger partial charge in [0.25, 0.3) is 0 Å². The van der Waals surface area contributed by atoms with Crippen molar-refractivity contribution in [3.05, 3.63) is 23.8 Å². The molecule has 0 N–H and O–H groups in total. The predicted octanol–water partition coefficient (Wildman–Crippen LogP) is 4.16. The molecule has 2 aromatic rings. The van der Waals surface area contributed by atoms with Crippen LogP contribution in [-0.2, 0) is 5.75 Å². The summed E-state index contributed by atoms with van der Waals surface area (Å²) in [5.41, 5.74) is 1.11. The summed E-state index contributed by atoms with van der Waals surface area (Å²) in [6.07, 6.45) is 4.93. The van der Waals surface area contributed by atoms with Gasteiger partial charge in [0.05, 0.1) is 14.2 Å². The Labute approximate surface area is 165 Å². The van der Waals surface area contributed by atoms with Gasteiger partial charge in [0.1, 0.15) is 11.5 Å². The molecular formula is C20H28N4O2S. The van der Waals surface area contributed by atoms with E-state index < -0.39 is 0 Å². The van der Waals surface area contributed by atoms with Crippen LogP contribution < -0.4 is 14.4 Å². The number of piperidine rings is 1. The SMILES string of the molecule is COc1ccc(OC)c(CSc2nnc(N3CCC(C)CC3)n2C2CC2)c1. The number of anilines is 1. The van der Waals surface area contributed by atoms with E-state index in [2.05, 4.69) is 26.6 Å². The summed E-state index contributed by atoms with van der Waals surface area (Å²) in [7, 11) is 3.40.